The van der Waals surface area contributed by atoms with Crippen molar-refractivity contribution in [3.63, 3.8) is 0 Å². The first-order chi connectivity index (χ1) is 9.53. The molecule has 0 aromatic rings. The fourth-order valence-electron chi connectivity index (χ4n) is 3.44. The SMILES string of the molecule is CC(C)C1CCC(C#N)(C(C)(O)CCCC(F)(F)F)CC1. The predicted molar refractivity (Wildman–Crippen MR) is 75.4 cm³/mol. The van der Waals surface area contributed by atoms with Gasteiger partial charge in [0.25, 0.3) is 0 Å². The second-order valence-electron chi connectivity index (χ2n) is 7.02. The summed E-state index contributed by atoms with van der Waals surface area (Å²) in [6.07, 6.45) is -2.34. The van der Waals surface area contributed by atoms with Crippen molar-refractivity contribution in [1.82, 2.24) is 0 Å². The van der Waals surface area contributed by atoms with E-state index >= 15 is 0 Å². The van der Waals surface area contributed by atoms with Gasteiger partial charge < -0.3 is 5.11 Å². The van der Waals surface area contributed by atoms with E-state index < -0.39 is 23.6 Å². The van der Waals surface area contributed by atoms with Crippen LogP contribution in [0.25, 0.3) is 0 Å². The summed E-state index contributed by atoms with van der Waals surface area (Å²) >= 11 is 0. The summed E-state index contributed by atoms with van der Waals surface area (Å²) in [5.74, 6) is 1.08. The molecule has 1 aliphatic carbocycles. The molecule has 0 spiro atoms. The number of aliphatic hydroxyl groups is 1. The monoisotopic (exact) mass is 305 g/mol. The Hall–Kier alpha value is -0.760. The summed E-state index contributed by atoms with van der Waals surface area (Å²) in [6.45, 7) is 5.82. The van der Waals surface area contributed by atoms with E-state index in [1.54, 1.807) is 0 Å². The van der Waals surface area contributed by atoms with E-state index in [4.69, 9.17) is 0 Å². The van der Waals surface area contributed by atoms with Gasteiger partial charge in [0.1, 0.15) is 0 Å². The van der Waals surface area contributed by atoms with Crippen LogP contribution in [0.4, 0.5) is 13.2 Å². The minimum Gasteiger partial charge on any atom is -0.389 e. The molecule has 1 rings (SSSR count). The smallest absolute Gasteiger partial charge is 0.389 e. The maximum Gasteiger partial charge on any atom is 0.389 e. The first-order valence-electron chi connectivity index (χ1n) is 7.73. The number of alkyl halides is 3. The average molecular weight is 305 g/mol. The number of rotatable bonds is 5. The van der Waals surface area contributed by atoms with E-state index in [0.717, 1.165) is 12.8 Å². The number of hydrogen-bond acceptors (Lipinski definition) is 2. The van der Waals surface area contributed by atoms with Crippen LogP contribution in [-0.2, 0) is 0 Å². The molecule has 0 aromatic carbocycles. The first-order valence-corrected chi connectivity index (χ1v) is 7.73. The Morgan fingerprint density at radius 3 is 2.14 bits per heavy atom. The molecule has 122 valence electrons. The lowest BCUT2D eigenvalue weighted by atomic mass is 9.60. The zero-order valence-electron chi connectivity index (χ0n) is 13.1. The molecule has 0 saturated heterocycles. The van der Waals surface area contributed by atoms with Crippen LogP contribution in [-0.4, -0.2) is 16.9 Å². The van der Waals surface area contributed by atoms with Crippen LogP contribution in [0, 0.1) is 28.6 Å². The average Bonchev–Trinajstić information content (AvgIpc) is 2.36. The predicted octanol–water partition coefficient (Wildman–Crippen LogP) is 4.83. The van der Waals surface area contributed by atoms with Crippen LogP contribution in [0.5, 0.6) is 0 Å². The van der Waals surface area contributed by atoms with E-state index in [0.29, 0.717) is 24.7 Å². The van der Waals surface area contributed by atoms with Gasteiger partial charge in [0, 0.05) is 6.42 Å². The van der Waals surface area contributed by atoms with Gasteiger partial charge in [0.15, 0.2) is 0 Å². The van der Waals surface area contributed by atoms with Gasteiger partial charge in [-0.3, -0.25) is 0 Å². The Bertz CT molecular complexity index is 374. The molecule has 5 heteroatoms. The maximum absolute atomic E-state index is 12.2. The normalized spacial score (nSPS) is 30.0. The highest BCUT2D eigenvalue weighted by Crippen LogP contribution is 2.49. The summed E-state index contributed by atoms with van der Waals surface area (Å²) < 4.78 is 36.7. The second kappa shape index (κ2) is 6.56. The van der Waals surface area contributed by atoms with Crippen LogP contribution in [0.2, 0.25) is 0 Å². The Labute approximate surface area is 125 Å². The van der Waals surface area contributed by atoms with E-state index in [2.05, 4.69) is 19.9 Å². The highest BCUT2D eigenvalue weighted by Gasteiger charge is 2.49. The third-order valence-electron chi connectivity index (χ3n) is 5.20. The Morgan fingerprint density at radius 1 is 1.24 bits per heavy atom. The third-order valence-corrected chi connectivity index (χ3v) is 5.20. The van der Waals surface area contributed by atoms with Gasteiger partial charge in [-0.1, -0.05) is 13.8 Å². The van der Waals surface area contributed by atoms with Crippen molar-refractivity contribution in [2.75, 3.05) is 0 Å². The molecule has 0 radical (unpaired) electrons. The molecule has 1 fully saturated rings. The molecule has 0 bridgehead atoms. The Kier molecular flexibility index (Phi) is 5.71. The molecule has 0 heterocycles. The summed E-state index contributed by atoms with van der Waals surface area (Å²) in [5, 5.41) is 20.2. The van der Waals surface area contributed by atoms with Crippen LogP contribution >= 0.6 is 0 Å². The summed E-state index contributed by atoms with van der Waals surface area (Å²) in [6, 6.07) is 2.23. The van der Waals surface area contributed by atoms with Crippen LogP contribution in [0.1, 0.15) is 65.7 Å². The van der Waals surface area contributed by atoms with Crippen molar-refractivity contribution in [3.8, 4) is 6.07 Å². The van der Waals surface area contributed by atoms with Crippen molar-refractivity contribution in [3.05, 3.63) is 0 Å². The quantitative estimate of drug-likeness (QED) is 0.791. The highest BCUT2D eigenvalue weighted by atomic mass is 19.4. The summed E-state index contributed by atoms with van der Waals surface area (Å²) in [7, 11) is 0. The standard InChI is InChI=1S/C16H26F3NO/c1-12(2)13-5-9-15(11-20,10-6-13)14(3,21)7-4-8-16(17,18)19/h12-13,21H,4-10H2,1-3H3. The van der Waals surface area contributed by atoms with Crippen LogP contribution < -0.4 is 0 Å². The summed E-state index contributed by atoms with van der Waals surface area (Å²) in [5.41, 5.74) is -2.25. The minimum absolute atomic E-state index is 0.0203. The molecule has 0 amide bonds. The van der Waals surface area contributed by atoms with Gasteiger partial charge in [-0.05, 0) is 57.3 Å². The topological polar surface area (TPSA) is 44.0 Å². The lowest BCUT2D eigenvalue weighted by molar-refractivity contribution is -0.141. The fraction of sp³-hybridized carbons (Fsp3) is 0.938. The van der Waals surface area contributed by atoms with Crippen LogP contribution in [0.3, 0.4) is 0 Å². The number of halogens is 3. The van der Waals surface area contributed by atoms with Crippen molar-refractivity contribution < 1.29 is 18.3 Å². The van der Waals surface area contributed by atoms with Crippen molar-refractivity contribution >= 4 is 0 Å². The van der Waals surface area contributed by atoms with E-state index in [1.165, 1.54) is 6.92 Å². The zero-order chi connectivity index (χ0) is 16.3. The molecule has 0 aromatic heterocycles. The maximum atomic E-state index is 12.2. The molecular weight excluding hydrogens is 279 g/mol. The molecule has 1 N–H and O–H groups in total. The van der Waals surface area contributed by atoms with E-state index in [1.807, 2.05) is 0 Å². The van der Waals surface area contributed by atoms with Crippen LogP contribution in [0.15, 0.2) is 0 Å². The zero-order valence-corrected chi connectivity index (χ0v) is 13.1. The molecular formula is C16H26F3NO. The molecule has 1 unspecified atom stereocenters. The second-order valence-corrected chi connectivity index (χ2v) is 7.02. The van der Waals surface area contributed by atoms with Gasteiger partial charge >= 0.3 is 6.18 Å². The van der Waals surface area contributed by atoms with Crippen molar-refractivity contribution in [2.24, 2.45) is 17.3 Å². The molecule has 1 atom stereocenters. The lowest BCUT2D eigenvalue weighted by Gasteiger charge is -2.45. The highest BCUT2D eigenvalue weighted by molar-refractivity contribution is 5.11. The van der Waals surface area contributed by atoms with E-state index in [-0.39, 0.29) is 12.8 Å². The van der Waals surface area contributed by atoms with E-state index in [9.17, 15) is 23.5 Å². The largest absolute Gasteiger partial charge is 0.389 e. The minimum atomic E-state index is -4.20. The Morgan fingerprint density at radius 2 is 1.76 bits per heavy atom. The number of nitriles is 1. The van der Waals surface area contributed by atoms with Gasteiger partial charge in [-0.25, -0.2) is 0 Å². The van der Waals surface area contributed by atoms with Gasteiger partial charge in [-0.2, -0.15) is 18.4 Å². The summed E-state index contributed by atoms with van der Waals surface area (Å²) in [4.78, 5) is 0. The first kappa shape index (κ1) is 18.3. The van der Waals surface area contributed by atoms with Gasteiger partial charge in [0.05, 0.1) is 17.1 Å². The third kappa shape index (κ3) is 4.60. The molecule has 1 saturated carbocycles. The molecule has 21 heavy (non-hydrogen) atoms. The lowest BCUT2D eigenvalue weighted by Crippen LogP contribution is -2.47. The number of hydrogen-bond donors (Lipinski definition) is 1. The number of nitrogens with zero attached hydrogens (tertiary/aromatic N) is 1. The van der Waals surface area contributed by atoms with Crippen molar-refractivity contribution in [2.45, 2.75) is 77.5 Å². The molecule has 1 aliphatic rings. The molecule has 0 aliphatic heterocycles. The molecule has 2 nitrogen and oxygen atoms in total. The fourth-order valence-corrected chi connectivity index (χ4v) is 3.44. The van der Waals surface area contributed by atoms with Crippen molar-refractivity contribution in [1.29, 1.82) is 5.26 Å². The van der Waals surface area contributed by atoms with Gasteiger partial charge in [-0.15, -0.1) is 0 Å². The van der Waals surface area contributed by atoms with Gasteiger partial charge in [0.2, 0.25) is 0 Å². The Balaban J connectivity index is 2.68.